The van der Waals surface area contributed by atoms with Crippen LogP contribution in [-0.2, 0) is 4.79 Å². The lowest BCUT2D eigenvalue weighted by atomic mass is 10.2. The number of carbonyl (C=O) groups excluding carboxylic acids is 1. The highest BCUT2D eigenvalue weighted by molar-refractivity contribution is 7.99. The third-order valence-electron chi connectivity index (χ3n) is 4.52. The Morgan fingerprint density at radius 2 is 1.70 bits per heavy atom. The fourth-order valence-electron chi connectivity index (χ4n) is 2.96. The number of halogens is 1. The fourth-order valence-corrected chi connectivity index (χ4v) is 3.76. The van der Waals surface area contributed by atoms with Crippen molar-refractivity contribution >= 4 is 23.4 Å². The summed E-state index contributed by atoms with van der Waals surface area (Å²) in [4.78, 5) is 17.1. The summed E-state index contributed by atoms with van der Waals surface area (Å²) in [7, 11) is 0. The molecule has 0 unspecified atom stereocenters. The largest absolute Gasteiger partial charge is 0.325 e. The zero-order valence-electron chi connectivity index (χ0n) is 16.4. The molecule has 0 spiro atoms. The molecule has 0 aliphatic rings. The van der Waals surface area contributed by atoms with Crippen LogP contribution in [0, 0.1) is 12.7 Å². The number of amides is 1. The van der Waals surface area contributed by atoms with E-state index in [1.807, 2.05) is 72.3 Å². The lowest BCUT2D eigenvalue weighted by Gasteiger charge is -2.08. The minimum absolute atomic E-state index is 0.175. The molecule has 4 aromatic rings. The Kier molecular flexibility index (Phi) is 5.95. The Morgan fingerprint density at radius 1 is 1.00 bits per heavy atom. The molecular weight excluding hydrogens is 397 g/mol. The van der Waals surface area contributed by atoms with Gasteiger partial charge >= 0.3 is 0 Å². The first kappa shape index (κ1) is 19.9. The van der Waals surface area contributed by atoms with Crippen LogP contribution >= 0.6 is 11.8 Å². The number of aryl methyl sites for hydroxylation is 1. The van der Waals surface area contributed by atoms with E-state index in [4.69, 9.17) is 4.98 Å². The molecule has 0 aliphatic heterocycles. The molecular formula is C24H20FN3OS. The van der Waals surface area contributed by atoms with Gasteiger partial charge in [0.05, 0.1) is 11.4 Å². The first-order valence-electron chi connectivity index (χ1n) is 9.48. The summed E-state index contributed by atoms with van der Waals surface area (Å²) in [6.07, 6.45) is 1.99. The molecule has 0 saturated heterocycles. The first-order chi connectivity index (χ1) is 14.6. The molecule has 150 valence electrons. The molecule has 0 radical (unpaired) electrons. The smallest absolute Gasteiger partial charge is 0.234 e. The van der Waals surface area contributed by atoms with Crippen LogP contribution in [0.5, 0.6) is 0 Å². The number of rotatable bonds is 6. The maximum atomic E-state index is 13.0. The van der Waals surface area contributed by atoms with E-state index < -0.39 is 0 Å². The van der Waals surface area contributed by atoms with E-state index in [0.717, 1.165) is 22.1 Å². The Balaban J connectivity index is 1.56. The summed E-state index contributed by atoms with van der Waals surface area (Å²) in [5.74, 6) is -0.323. The molecule has 1 amide bonds. The van der Waals surface area contributed by atoms with E-state index in [0.29, 0.717) is 5.69 Å². The number of nitrogens with one attached hydrogen (secondary N) is 1. The molecule has 3 aromatic carbocycles. The molecule has 0 fully saturated rings. The van der Waals surface area contributed by atoms with Crippen molar-refractivity contribution in [1.82, 2.24) is 9.55 Å². The number of anilines is 1. The third kappa shape index (κ3) is 4.78. The minimum Gasteiger partial charge on any atom is -0.325 e. The Morgan fingerprint density at radius 3 is 2.40 bits per heavy atom. The number of aromatic nitrogens is 2. The summed E-state index contributed by atoms with van der Waals surface area (Å²) in [5, 5.41) is 3.51. The van der Waals surface area contributed by atoms with Gasteiger partial charge in [0, 0.05) is 23.1 Å². The molecule has 0 bridgehead atoms. The second kappa shape index (κ2) is 8.97. The monoisotopic (exact) mass is 417 g/mol. The van der Waals surface area contributed by atoms with E-state index >= 15 is 0 Å². The predicted octanol–water partition coefficient (Wildman–Crippen LogP) is 5.72. The van der Waals surface area contributed by atoms with E-state index in [1.165, 1.54) is 29.5 Å². The predicted molar refractivity (Wildman–Crippen MR) is 119 cm³/mol. The zero-order chi connectivity index (χ0) is 20.9. The molecule has 1 N–H and O–H groups in total. The molecule has 1 heterocycles. The summed E-state index contributed by atoms with van der Waals surface area (Å²) < 4.78 is 15.0. The topological polar surface area (TPSA) is 46.9 Å². The van der Waals surface area contributed by atoms with Gasteiger partial charge in [0.1, 0.15) is 5.82 Å². The van der Waals surface area contributed by atoms with Crippen LogP contribution < -0.4 is 5.32 Å². The highest BCUT2D eigenvalue weighted by atomic mass is 32.2. The van der Waals surface area contributed by atoms with E-state index in [2.05, 4.69) is 5.32 Å². The minimum atomic E-state index is -0.337. The number of benzene rings is 3. The van der Waals surface area contributed by atoms with Crippen LogP contribution in [0.25, 0.3) is 16.9 Å². The van der Waals surface area contributed by atoms with Gasteiger partial charge in [-0.1, -0.05) is 59.8 Å². The standard InChI is InChI=1S/C24H20FN3OS/c1-17-7-13-21(14-8-17)28-15-22(18-5-3-2-4-6-18)27-24(28)30-16-23(29)26-20-11-9-19(25)10-12-20/h2-15H,16H2,1H3,(H,26,29). The lowest BCUT2D eigenvalue weighted by molar-refractivity contribution is -0.113. The summed E-state index contributed by atoms with van der Waals surface area (Å²) >= 11 is 1.36. The molecule has 0 aliphatic carbocycles. The lowest BCUT2D eigenvalue weighted by Crippen LogP contribution is -2.14. The van der Waals surface area contributed by atoms with Gasteiger partial charge in [-0.3, -0.25) is 9.36 Å². The molecule has 6 heteroatoms. The van der Waals surface area contributed by atoms with Crippen LogP contribution in [0.1, 0.15) is 5.56 Å². The fraction of sp³-hybridized carbons (Fsp3) is 0.0833. The van der Waals surface area contributed by atoms with E-state index in [-0.39, 0.29) is 17.5 Å². The average molecular weight is 418 g/mol. The van der Waals surface area contributed by atoms with Gasteiger partial charge < -0.3 is 5.32 Å². The summed E-state index contributed by atoms with van der Waals surface area (Å²) in [5.41, 5.74) is 4.58. The van der Waals surface area contributed by atoms with Gasteiger partial charge in [-0.2, -0.15) is 0 Å². The third-order valence-corrected chi connectivity index (χ3v) is 5.47. The van der Waals surface area contributed by atoms with Gasteiger partial charge in [-0.15, -0.1) is 0 Å². The van der Waals surface area contributed by atoms with Gasteiger partial charge in [0.25, 0.3) is 0 Å². The van der Waals surface area contributed by atoms with Gasteiger partial charge in [0.2, 0.25) is 5.91 Å². The molecule has 4 rings (SSSR count). The second-order valence-electron chi connectivity index (χ2n) is 6.82. The summed E-state index contributed by atoms with van der Waals surface area (Å²) in [6.45, 7) is 2.04. The van der Waals surface area contributed by atoms with Crippen molar-refractivity contribution < 1.29 is 9.18 Å². The van der Waals surface area contributed by atoms with Crippen LogP contribution in [-0.4, -0.2) is 21.2 Å². The first-order valence-corrected chi connectivity index (χ1v) is 10.5. The van der Waals surface area contributed by atoms with Crippen molar-refractivity contribution in [1.29, 1.82) is 0 Å². The van der Waals surface area contributed by atoms with Crippen molar-refractivity contribution in [2.45, 2.75) is 12.1 Å². The Labute approximate surface area is 178 Å². The molecule has 0 saturated carbocycles. The SMILES string of the molecule is Cc1ccc(-n2cc(-c3ccccc3)nc2SCC(=O)Nc2ccc(F)cc2)cc1. The van der Waals surface area contributed by atoms with Crippen molar-refractivity contribution in [2.24, 2.45) is 0 Å². The maximum absolute atomic E-state index is 13.0. The number of hydrogen-bond donors (Lipinski definition) is 1. The van der Waals surface area contributed by atoms with Crippen molar-refractivity contribution in [2.75, 3.05) is 11.1 Å². The average Bonchev–Trinajstić information content (AvgIpc) is 3.19. The number of thioether (sulfide) groups is 1. The van der Waals surface area contributed by atoms with Crippen LogP contribution in [0.3, 0.4) is 0 Å². The molecule has 0 atom stereocenters. The number of nitrogens with zero attached hydrogens (tertiary/aromatic N) is 2. The Hall–Kier alpha value is -3.38. The number of hydrogen-bond acceptors (Lipinski definition) is 3. The molecule has 1 aromatic heterocycles. The zero-order valence-corrected chi connectivity index (χ0v) is 17.2. The van der Waals surface area contributed by atoms with Crippen LogP contribution in [0.4, 0.5) is 10.1 Å². The van der Waals surface area contributed by atoms with E-state index in [9.17, 15) is 9.18 Å². The van der Waals surface area contributed by atoms with Crippen molar-refractivity contribution in [3.05, 3.63) is 96.4 Å². The van der Waals surface area contributed by atoms with E-state index in [1.54, 1.807) is 12.1 Å². The van der Waals surface area contributed by atoms with Crippen LogP contribution in [0.15, 0.2) is 90.2 Å². The summed E-state index contributed by atoms with van der Waals surface area (Å²) in [6, 6.07) is 23.8. The Bertz CT molecular complexity index is 1140. The number of imidazole rings is 1. The van der Waals surface area contributed by atoms with Crippen molar-refractivity contribution in [3.63, 3.8) is 0 Å². The van der Waals surface area contributed by atoms with Gasteiger partial charge in [-0.05, 0) is 43.3 Å². The number of carbonyl (C=O) groups is 1. The van der Waals surface area contributed by atoms with Gasteiger partial charge in [0.15, 0.2) is 5.16 Å². The van der Waals surface area contributed by atoms with Gasteiger partial charge in [-0.25, -0.2) is 9.37 Å². The van der Waals surface area contributed by atoms with Crippen LogP contribution in [0.2, 0.25) is 0 Å². The molecule has 30 heavy (non-hydrogen) atoms. The second-order valence-corrected chi connectivity index (χ2v) is 7.77. The quantitative estimate of drug-likeness (QED) is 0.408. The highest BCUT2D eigenvalue weighted by Crippen LogP contribution is 2.27. The normalized spacial score (nSPS) is 10.7. The molecule has 4 nitrogen and oxygen atoms in total. The maximum Gasteiger partial charge on any atom is 0.234 e. The van der Waals surface area contributed by atoms with Crippen molar-refractivity contribution in [3.8, 4) is 16.9 Å². The highest BCUT2D eigenvalue weighted by Gasteiger charge is 2.14.